The van der Waals surface area contributed by atoms with E-state index in [2.05, 4.69) is 0 Å². The van der Waals surface area contributed by atoms with E-state index in [-0.39, 0.29) is 17.3 Å². The fourth-order valence-electron chi connectivity index (χ4n) is 2.62. The fourth-order valence-corrected chi connectivity index (χ4v) is 3.60. The Labute approximate surface area is 160 Å². The monoisotopic (exact) mass is 387 g/mol. The minimum Gasteiger partial charge on any atom is -0.425 e. The smallest absolute Gasteiger partial charge is 0.311 e. The average Bonchev–Trinajstić information content (AvgIpc) is 2.96. The number of benzene rings is 2. The summed E-state index contributed by atoms with van der Waals surface area (Å²) in [7, 11) is 0. The standard InChI is InChI=1S/C20H18ClNO3S/c1-14-13-26-20(24)22(14)11-5-8-19(23)25-18-10-9-16(12-17(18)21)15-6-3-2-4-7-15/h2-4,6-7,9-10,12-13H,5,8,11H2,1H3. The molecule has 0 saturated carbocycles. The Hall–Kier alpha value is -2.37. The number of nitrogens with zero attached hydrogens (tertiary/aromatic N) is 1. The van der Waals surface area contributed by atoms with Crippen molar-refractivity contribution in [1.82, 2.24) is 4.57 Å². The minimum absolute atomic E-state index is 0.00425. The van der Waals surface area contributed by atoms with Gasteiger partial charge in [0.2, 0.25) is 0 Å². The zero-order valence-electron chi connectivity index (χ0n) is 14.3. The second-order valence-corrected chi connectivity index (χ2v) is 7.11. The third-order valence-corrected chi connectivity index (χ3v) is 5.18. The third-order valence-electron chi connectivity index (χ3n) is 4.00. The van der Waals surface area contributed by atoms with Gasteiger partial charge in [0.05, 0.1) is 5.02 Å². The van der Waals surface area contributed by atoms with Gasteiger partial charge in [-0.05, 0) is 36.6 Å². The zero-order chi connectivity index (χ0) is 18.5. The number of carbonyl (C=O) groups is 1. The number of hydrogen-bond donors (Lipinski definition) is 0. The van der Waals surface area contributed by atoms with E-state index in [1.807, 2.05) is 48.7 Å². The van der Waals surface area contributed by atoms with E-state index in [1.165, 1.54) is 11.3 Å². The van der Waals surface area contributed by atoms with Gasteiger partial charge in [-0.3, -0.25) is 9.59 Å². The molecule has 26 heavy (non-hydrogen) atoms. The van der Waals surface area contributed by atoms with Crippen molar-refractivity contribution in [2.45, 2.75) is 26.3 Å². The maximum absolute atomic E-state index is 12.1. The molecule has 3 rings (SSSR count). The molecule has 0 unspecified atom stereocenters. The molecular weight excluding hydrogens is 370 g/mol. The molecule has 0 aliphatic heterocycles. The average molecular weight is 388 g/mol. The first-order chi connectivity index (χ1) is 12.5. The van der Waals surface area contributed by atoms with E-state index >= 15 is 0 Å². The molecule has 0 bridgehead atoms. The highest BCUT2D eigenvalue weighted by Crippen LogP contribution is 2.30. The molecular formula is C20H18ClNO3S. The summed E-state index contributed by atoms with van der Waals surface area (Å²) in [6.45, 7) is 2.38. The summed E-state index contributed by atoms with van der Waals surface area (Å²) in [4.78, 5) is 23.7. The number of aryl methyl sites for hydroxylation is 1. The Morgan fingerprint density at radius 2 is 1.92 bits per heavy atom. The summed E-state index contributed by atoms with van der Waals surface area (Å²) in [5.74, 6) is -0.0134. The lowest BCUT2D eigenvalue weighted by Crippen LogP contribution is -2.16. The maximum atomic E-state index is 12.1. The first kappa shape index (κ1) is 18.4. The summed E-state index contributed by atoms with van der Waals surface area (Å²) in [5, 5.41) is 2.21. The number of thiazole rings is 1. The van der Waals surface area contributed by atoms with E-state index in [4.69, 9.17) is 16.3 Å². The van der Waals surface area contributed by atoms with Gasteiger partial charge in [-0.25, -0.2) is 0 Å². The Balaban J connectivity index is 1.58. The Kier molecular flexibility index (Phi) is 5.91. The molecule has 0 spiro atoms. The normalized spacial score (nSPS) is 10.7. The van der Waals surface area contributed by atoms with Gasteiger partial charge >= 0.3 is 10.8 Å². The fraction of sp³-hybridized carbons (Fsp3) is 0.200. The van der Waals surface area contributed by atoms with Gasteiger partial charge in [0, 0.05) is 24.0 Å². The van der Waals surface area contributed by atoms with Gasteiger partial charge in [0.1, 0.15) is 5.75 Å². The van der Waals surface area contributed by atoms with Crippen LogP contribution in [0.3, 0.4) is 0 Å². The van der Waals surface area contributed by atoms with Crippen LogP contribution >= 0.6 is 22.9 Å². The van der Waals surface area contributed by atoms with E-state index < -0.39 is 0 Å². The first-order valence-electron chi connectivity index (χ1n) is 8.25. The molecule has 0 atom stereocenters. The summed E-state index contributed by atoms with van der Waals surface area (Å²) in [5.41, 5.74) is 2.92. The van der Waals surface area contributed by atoms with Crippen molar-refractivity contribution in [1.29, 1.82) is 0 Å². The maximum Gasteiger partial charge on any atom is 0.311 e. The summed E-state index contributed by atoms with van der Waals surface area (Å²) < 4.78 is 7.03. The van der Waals surface area contributed by atoms with Gasteiger partial charge in [-0.15, -0.1) is 0 Å². The van der Waals surface area contributed by atoms with Crippen LogP contribution in [-0.2, 0) is 11.3 Å². The molecule has 0 saturated heterocycles. The third kappa shape index (κ3) is 4.42. The molecule has 4 nitrogen and oxygen atoms in total. The lowest BCUT2D eigenvalue weighted by molar-refractivity contribution is -0.134. The van der Waals surface area contributed by atoms with Gasteiger partial charge in [-0.2, -0.15) is 0 Å². The second-order valence-electron chi connectivity index (χ2n) is 5.88. The molecule has 0 amide bonds. The number of rotatable bonds is 6. The number of halogens is 1. The molecule has 1 aromatic heterocycles. The largest absolute Gasteiger partial charge is 0.425 e. The van der Waals surface area contributed by atoms with Crippen molar-refractivity contribution >= 4 is 28.9 Å². The highest BCUT2D eigenvalue weighted by Gasteiger charge is 2.11. The summed E-state index contributed by atoms with van der Waals surface area (Å²) in [6.07, 6.45) is 0.758. The molecule has 1 heterocycles. The number of esters is 1. The molecule has 0 aliphatic rings. The van der Waals surface area contributed by atoms with Gasteiger partial charge < -0.3 is 9.30 Å². The van der Waals surface area contributed by atoms with Crippen LogP contribution in [0, 0.1) is 6.92 Å². The van der Waals surface area contributed by atoms with E-state index in [0.29, 0.717) is 23.7 Å². The van der Waals surface area contributed by atoms with Crippen LogP contribution in [0.1, 0.15) is 18.5 Å². The van der Waals surface area contributed by atoms with E-state index in [0.717, 1.165) is 16.8 Å². The predicted molar refractivity (Wildman–Crippen MR) is 105 cm³/mol. The lowest BCUT2D eigenvalue weighted by atomic mass is 10.1. The Morgan fingerprint density at radius 3 is 2.58 bits per heavy atom. The molecule has 0 N–H and O–H groups in total. The van der Waals surface area contributed by atoms with Gasteiger partial charge in [-0.1, -0.05) is 59.3 Å². The molecule has 6 heteroatoms. The molecule has 2 aromatic carbocycles. The highest BCUT2D eigenvalue weighted by atomic mass is 35.5. The van der Waals surface area contributed by atoms with Gasteiger partial charge in [0.25, 0.3) is 0 Å². The summed E-state index contributed by atoms with van der Waals surface area (Å²) in [6, 6.07) is 15.2. The molecule has 0 radical (unpaired) electrons. The van der Waals surface area contributed by atoms with Crippen molar-refractivity contribution in [2.24, 2.45) is 0 Å². The number of carbonyl (C=O) groups excluding carboxylic acids is 1. The minimum atomic E-state index is -0.361. The van der Waals surface area contributed by atoms with Crippen molar-refractivity contribution in [3.63, 3.8) is 0 Å². The van der Waals surface area contributed by atoms with E-state index in [1.54, 1.807) is 16.7 Å². The van der Waals surface area contributed by atoms with Crippen molar-refractivity contribution in [3.05, 3.63) is 74.3 Å². The number of hydrogen-bond acceptors (Lipinski definition) is 4. The highest BCUT2D eigenvalue weighted by molar-refractivity contribution is 7.07. The van der Waals surface area contributed by atoms with Crippen LogP contribution in [0.2, 0.25) is 5.02 Å². The van der Waals surface area contributed by atoms with E-state index in [9.17, 15) is 9.59 Å². The lowest BCUT2D eigenvalue weighted by Gasteiger charge is -2.09. The summed E-state index contributed by atoms with van der Waals surface area (Å²) >= 11 is 7.43. The molecule has 0 aliphatic carbocycles. The van der Waals surface area contributed by atoms with Crippen LogP contribution in [0.25, 0.3) is 11.1 Å². The van der Waals surface area contributed by atoms with Crippen LogP contribution < -0.4 is 9.61 Å². The SMILES string of the molecule is Cc1csc(=O)n1CCCC(=O)Oc1ccc(-c2ccccc2)cc1Cl. The van der Waals surface area contributed by atoms with Crippen molar-refractivity contribution in [3.8, 4) is 16.9 Å². The van der Waals surface area contributed by atoms with Crippen LogP contribution in [0.15, 0.2) is 58.7 Å². The molecule has 3 aromatic rings. The zero-order valence-corrected chi connectivity index (χ0v) is 15.8. The number of aromatic nitrogens is 1. The van der Waals surface area contributed by atoms with Crippen LogP contribution in [-0.4, -0.2) is 10.5 Å². The number of ether oxygens (including phenoxy) is 1. The Bertz CT molecular complexity index is 963. The molecule has 0 fully saturated rings. The predicted octanol–water partition coefficient (Wildman–Crippen LogP) is 4.92. The first-order valence-corrected chi connectivity index (χ1v) is 9.51. The van der Waals surface area contributed by atoms with Crippen molar-refractivity contribution < 1.29 is 9.53 Å². The van der Waals surface area contributed by atoms with Crippen molar-refractivity contribution in [2.75, 3.05) is 0 Å². The second kappa shape index (κ2) is 8.34. The Morgan fingerprint density at radius 1 is 1.15 bits per heavy atom. The van der Waals surface area contributed by atoms with Crippen LogP contribution in [0.5, 0.6) is 5.75 Å². The molecule has 134 valence electrons. The van der Waals surface area contributed by atoms with Gasteiger partial charge in [0.15, 0.2) is 0 Å². The quantitative estimate of drug-likeness (QED) is 0.445. The topological polar surface area (TPSA) is 48.3 Å². The van der Waals surface area contributed by atoms with Crippen LogP contribution in [0.4, 0.5) is 0 Å².